The van der Waals surface area contributed by atoms with Crippen LogP contribution in [0.25, 0.3) is 6.08 Å². The first-order valence-electron chi connectivity index (χ1n) is 9.27. The fourth-order valence-corrected chi connectivity index (χ4v) is 3.15. The third-order valence-corrected chi connectivity index (χ3v) is 4.76. The van der Waals surface area contributed by atoms with Crippen molar-refractivity contribution in [2.45, 2.75) is 6.54 Å². The quantitative estimate of drug-likeness (QED) is 0.297. The van der Waals surface area contributed by atoms with Gasteiger partial charge in [0.2, 0.25) is 0 Å². The van der Waals surface area contributed by atoms with Crippen molar-refractivity contribution in [3.05, 3.63) is 116 Å². The zero-order valence-corrected chi connectivity index (χ0v) is 17.8. The molecule has 0 fully saturated rings. The maximum atomic E-state index is 12.8. The third kappa shape index (κ3) is 6.35. The Bertz CT molecular complexity index is 1150. The molecule has 0 aromatic heterocycles. The first kappa shape index (κ1) is 21.9. The van der Waals surface area contributed by atoms with Gasteiger partial charge in [-0.1, -0.05) is 64.5 Å². The fraction of sp³-hybridized carbons (Fsp3) is 0.0435. The summed E-state index contributed by atoms with van der Waals surface area (Å²) in [5.74, 6) is -0.994. The van der Waals surface area contributed by atoms with Crippen LogP contribution >= 0.6 is 15.9 Å². The number of halogens is 1. The van der Waals surface area contributed by atoms with E-state index in [1.807, 2.05) is 30.3 Å². The van der Waals surface area contributed by atoms with Crippen LogP contribution in [-0.4, -0.2) is 16.7 Å². The van der Waals surface area contributed by atoms with Crippen molar-refractivity contribution in [1.29, 1.82) is 0 Å². The number of nitrogens with one attached hydrogen (secondary N) is 2. The summed E-state index contributed by atoms with van der Waals surface area (Å²) in [6.07, 6.45) is 1.41. The molecule has 3 aromatic rings. The van der Waals surface area contributed by atoms with Crippen LogP contribution in [0.3, 0.4) is 0 Å². The SMILES string of the molecule is O=C(NCc1ccccc1)C(=Cc1cccc([N+](=O)[O-])c1)NC(=O)c1cccc(Br)c1. The van der Waals surface area contributed by atoms with E-state index in [-0.39, 0.29) is 17.9 Å². The Morgan fingerprint density at radius 2 is 1.71 bits per heavy atom. The molecule has 0 aliphatic heterocycles. The molecule has 3 rings (SSSR count). The Hall–Kier alpha value is -3.78. The van der Waals surface area contributed by atoms with Gasteiger partial charge in [-0.15, -0.1) is 0 Å². The van der Waals surface area contributed by atoms with Crippen molar-refractivity contribution in [3.8, 4) is 0 Å². The van der Waals surface area contributed by atoms with Crippen molar-refractivity contribution in [3.63, 3.8) is 0 Å². The number of rotatable bonds is 7. The Morgan fingerprint density at radius 3 is 2.42 bits per heavy atom. The second-order valence-corrected chi connectivity index (χ2v) is 7.46. The number of nitro groups is 1. The van der Waals surface area contributed by atoms with Crippen LogP contribution in [0.4, 0.5) is 5.69 Å². The lowest BCUT2D eigenvalue weighted by Crippen LogP contribution is -2.34. The average molecular weight is 480 g/mol. The molecule has 8 heteroatoms. The van der Waals surface area contributed by atoms with Gasteiger partial charge in [0.1, 0.15) is 5.70 Å². The van der Waals surface area contributed by atoms with Crippen molar-refractivity contribution in [1.82, 2.24) is 10.6 Å². The number of nitrogens with zero attached hydrogens (tertiary/aromatic N) is 1. The molecule has 156 valence electrons. The fourth-order valence-electron chi connectivity index (χ4n) is 2.75. The van der Waals surface area contributed by atoms with E-state index in [0.29, 0.717) is 11.1 Å². The van der Waals surface area contributed by atoms with E-state index in [1.54, 1.807) is 30.3 Å². The molecule has 2 amide bonds. The van der Waals surface area contributed by atoms with Gasteiger partial charge >= 0.3 is 0 Å². The van der Waals surface area contributed by atoms with E-state index >= 15 is 0 Å². The van der Waals surface area contributed by atoms with Crippen LogP contribution < -0.4 is 10.6 Å². The van der Waals surface area contributed by atoms with E-state index in [4.69, 9.17) is 0 Å². The Morgan fingerprint density at radius 1 is 0.968 bits per heavy atom. The zero-order valence-electron chi connectivity index (χ0n) is 16.2. The van der Waals surface area contributed by atoms with Gasteiger partial charge in [-0.25, -0.2) is 0 Å². The zero-order chi connectivity index (χ0) is 22.2. The topological polar surface area (TPSA) is 101 Å². The molecule has 2 N–H and O–H groups in total. The van der Waals surface area contributed by atoms with Crippen molar-refractivity contribution in [2.24, 2.45) is 0 Å². The predicted molar refractivity (Wildman–Crippen MR) is 121 cm³/mol. The molecule has 0 spiro atoms. The summed E-state index contributed by atoms with van der Waals surface area (Å²) in [7, 11) is 0. The number of non-ortho nitro benzene ring substituents is 1. The molecule has 0 saturated carbocycles. The lowest BCUT2D eigenvalue weighted by atomic mass is 10.1. The van der Waals surface area contributed by atoms with Crippen LogP contribution in [0.15, 0.2) is 89.0 Å². The number of amides is 2. The third-order valence-electron chi connectivity index (χ3n) is 4.27. The van der Waals surface area contributed by atoms with Gasteiger partial charge < -0.3 is 10.6 Å². The van der Waals surface area contributed by atoms with Crippen LogP contribution in [0.5, 0.6) is 0 Å². The molecule has 31 heavy (non-hydrogen) atoms. The minimum absolute atomic E-state index is 0.0265. The monoisotopic (exact) mass is 479 g/mol. The van der Waals surface area contributed by atoms with E-state index in [9.17, 15) is 19.7 Å². The molecule has 0 bridgehead atoms. The first-order chi connectivity index (χ1) is 14.9. The number of benzene rings is 3. The largest absolute Gasteiger partial charge is 0.347 e. The van der Waals surface area contributed by atoms with E-state index < -0.39 is 16.7 Å². The van der Waals surface area contributed by atoms with Gasteiger partial charge in [0, 0.05) is 28.7 Å². The summed E-state index contributed by atoms with van der Waals surface area (Å²) < 4.78 is 0.720. The van der Waals surface area contributed by atoms with Crippen LogP contribution in [0.2, 0.25) is 0 Å². The molecule has 0 radical (unpaired) electrons. The minimum atomic E-state index is -0.521. The number of carbonyl (C=O) groups is 2. The molecule has 3 aromatic carbocycles. The Labute approximate surface area is 187 Å². The number of nitro benzene ring substituents is 1. The lowest BCUT2D eigenvalue weighted by molar-refractivity contribution is -0.384. The Balaban J connectivity index is 1.87. The van der Waals surface area contributed by atoms with E-state index in [1.165, 1.54) is 24.3 Å². The molecule has 7 nitrogen and oxygen atoms in total. The van der Waals surface area contributed by atoms with Crippen molar-refractivity contribution >= 4 is 39.5 Å². The van der Waals surface area contributed by atoms with E-state index in [2.05, 4.69) is 26.6 Å². The molecule has 0 heterocycles. The van der Waals surface area contributed by atoms with Crippen molar-refractivity contribution in [2.75, 3.05) is 0 Å². The molecular formula is C23H18BrN3O4. The number of hydrogen-bond donors (Lipinski definition) is 2. The first-order valence-corrected chi connectivity index (χ1v) is 10.1. The Kier molecular flexibility index (Phi) is 7.29. The number of hydrogen-bond acceptors (Lipinski definition) is 4. The van der Waals surface area contributed by atoms with Crippen LogP contribution in [0, 0.1) is 10.1 Å². The minimum Gasteiger partial charge on any atom is -0.347 e. The molecular weight excluding hydrogens is 462 g/mol. The molecule has 0 aliphatic rings. The van der Waals surface area contributed by atoms with E-state index in [0.717, 1.165) is 10.0 Å². The van der Waals surface area contributed by atoms with Gasteiger partial charge in [-0.05, 0) is 35.4 Å². The molecule has 0 atom stereocenters. The highest BCUT2D eigenvalue weighted by molar-refractivity contribution is 9.10. The van der Waals surface area contributed by atoms with Crippen molar-refractivity contribution < 1.29 is 14.5 Å². The van der Waals surface area contributed by atoms with Gasteiger partial charge in [-0.3, -0.25) is 19.7 Å². The lowest BCUT2D eigenvalue weighted by Gasteiger charge is -2.12. The van der Waals surface area contributed by atoms with Gasteiger partial charge in [-0.2, -0.15) is 0 Å². The highest BCUT2D eigenvalue weighted by Gasteiger charge is 2.16. The summed E-state index contributed by atoms with van der Waals surface area (Å²) >= 11 is 3.31. The maximum absolute atomic E-state index is 12.8. The van der Waals surface area contributed by atoms with Crippen LogP contribution in [-0.2, 0) is 11.3 Å². The summed E-state index contributed by atoms with van der Waals surface area (Å²) in [6.45, 7) is 0.263. The number of carbonyl (C=O) groups excluding carboxylic acids is 2. The predicted octanol–water partition coefficient (Wildman–Crippen LogP) is 4.44. The summed E-state index contributed by atoms with van der Waals surface area (Å²) in [6, 6.07) is 21.9. The molecule has 0 saturated heterocycles. The summed E-state index contributed by atoms with van der Waals surface area (Å²) in [5.41, 5.74) is 1.52. The van der Waals surface area contributed by atoms with Crippen LogP contribution in [0.1, 0.15) is 21.5 Å². The summed E-state index contributed by atoms with van der Waals surface area (Å²) in [4.78, 5) is 36.1. The highest BCUT2D eigenvalue weighted by Crippen LogP contribution is 2.16. The van der Waals surface area contributed by atoms with Gasteiger partial charge in [0.15, 0.2) is 0 Å². The second kappa shape index (κ2) is 10.3. The normalized spacial score (nSPS) is 10.9. The smallest absolute Gasteiger partial charge is 0.270 e. The standard InChI is InChI=1S/C23H18BrN3O4/c24-19-10-5-9-18(14-19)22(28)26-21(13-17-8-4-11-20(12-17)27(30)31)23(29)25-15-16-6-2-1-3-7-16/h1-14H,15H2,(H,25,29)(H,26,28). The maximum Gasteiger partial charge on any atom is 0.270 e. The molecule has 0 aliphatic carbocycles. The average Bonchev–Trinajstić information content (AvgIpc) is 2.78. The van der Waals surface area contributed by atoms with Gasteiger partial charge in [0.05, 0.1) is 4.92 Å². The summed E-state index contributed by atoms with van der Waals surface area (Å²) in [5, 5.41) is 16.4. The molecule has 0 unspecified atom stereocenters. The van der Waals surface area contributed by atoms with Gasteiger partial charge in [0.25, 0.3) is 17.5 Å². The second-order valence-electron chi connectivity index (χ2n) is 6.54. The highest BCUT2D eigenvalue weighted by atomic mass is 79.9.